The molecule has 0 heterocycles. The summed E-state index contributed by atoms with van der Waals surface area (Å²) in [6.45, 7) is 4.59. The molecule has 0 unspecified atom stereocenters. The normalized spacial score (nSPS) is 13.8. The van der Waals surface area contributed by atoms with Crippen molar-refractivity contribution in [2.24, 2.45) is 0 Å². The van der Waals surface area contributed by atoms with E-state index < -0.39 is 0 Å². The Balaban J connectivity index is 1.69. The second kappa shape index (κ2) is 5.69. The molecule has 0 atom stereocenters. The lowest BCUT2D eigenvalue weighted by molar-refractivity contribution is 0.963. The van der Waals surface area contributed by atoms with Crippen LogP contribution in [0.1, 0.15) is 44.9 Å². The molecule has 2 aliphatic carbocycles. The molecule has 0 aromatic heterocycles. The second-order valence-corrected chi connectivity index (χ2v) is 8.20. The highest BCUT2D eigenvalue weighted by atomic mass is 14.4. The van der Waals surface area contributed by atoms with Gasteiger partial charge in [-0.25, -0.2) is 0 Å². The van der Waals surface area contributed by atoms with E-state index in [4.69, 9.17) is 0 Å². The van der Waals surface area contributed by atoms with E-state index in [0.717, 1.165) is 6.42 Å². The van der Waals surface area contributed by atoms with Gasteiger partial charge in [0, 0.05) is 5.92 Å². The number of hydrogen-bond donors (Lipinski definition) is 0. The Morgan fingerprint density at radius 1 is 0.643 bits per heavy atom. The quantitative estimate of drug-likeness (QED) is 0.296. The average molecular weight is 358 g/mol. The van der Waals surface area contributed by atoms with Crippen LogP contribution in [0.5, 0.6) is 0 Å². The van der Waals surface area contributed by atoms with Gasteiger partial charge >= 0.3 is 0 Å². The molecular formula is C28H22. The maximum atomic E-state index is 2.41. The zero-order valence-electron chi connectivity index (χ0n) is 16.3. The standard InChI is InChI=1S/C28H22/c1-17-15-25-20-10-4-3-9-19(20)16-26(25)27(18(17)2)28-23-13-7-5-11-21(23)22-12-6-8-14-24(22)28/h3-15,28H,16H2,1-2H3. The van der Waals surface area contributed by atoms with E-state index in [2.05, 4.69) is 92.7 Å². The maximum Gasteiger partial charge on any atom is 0.0358 e. The van der Waals surface area contributed by atoms with Gasteiger partial charge in [-0.05, 0) is 81.5 Å². The highest BCUT2D eigenvalue weighted by molar-refractivity contribution is 5.85. The van der Waals surface area contributed by atoms with Gasteiger partial charge in [-0.15, -0.1) is 0 Å². The van der Waals surface area contributed by atoms with Crippen molar-refractivity contribution in [1.82, 2.24) is 0 Å². The fourth-order valence-corrected chi connectivity index (χ4v) is 5.41. The molecule has 28 heavy (non-hydrogen) atoms. The lowest BCUT2D eigenvalue weighted by Gasteiger charge is -2.23. The summed E-state index contributed by atoms with van der Waals surface area (Å²) in [5.74, 6) is 0.329. The molecule has 4 aromatic rings. The Morgan fingerprint density at radius 2 is 1.21 bits per heavy atom. The van der Waals surface area contributed by atoms with Crippen LogP contribution < -0.4 is 0 Å². The predicted octanol–water partition coefficient (Wildman–Crippen LogP) is 7.04. The predicted molar refractivity (Wildman–Crippen MR) is 117 cm³/mol. The van der Waals surface area contributed by atoms with E-state index in [9.17, 15) is 0 Å². The van der Waals surface area contributed by atoms with Crippen LogP contribution in [0.4, 0.5) is 0 Å². The molecule has 134 valence electrons. The first-order valence-electron chi connectivity index (χ1n) is 10.1. The third kappa shape index (κ3) is 2.01. The van der Waals surface area contributed by atoms with Crippen LogP contribution >= 0.6 is 0 Å². The molecule has 0 nitrogen and oxygen atoms in total. The third-order valence-corrected chi connectivity index (χ3v) is 6.80. The van der Waals surface area contributed by atoms with E-state index in [-0.39, 0.29) is 0 Å². The minimum Gasteiger partial charge on any atom is -0.0619 e. The molecule has 0 saturated heterocycles. The molecule has 0 spiro atoms. The van der Waals surface area contributed by atoms with Crippen molar-refractivity contribution in [3.05, 3.63) is 118 Å². The summed E-state index contributed by atoms with van der Waals surface area (Å²) >= 11 is 0. The molecule has 0 radical (unpaired) electrons. The van der Waals surface area contributed by atoms with Crippen LogP contribution in [0.2, 0.25) is 0 Å². The minimum atomic E-state index is 0.329. The van der Waals surface area contributed by atoms with Gasteiger partial charge in [0.1, 0.15) is 0 Å². The molecular weight excluding hydrogens is 336 g/mol. The van der Waals surface area contributed by atoms with Gasteiger partial charge in [0.2, 0.25) is 0 Å². The number of benzene rings is 4. The van der Waals surface area contributed by atoms with Crippen LogP contribution in [0.3, 0.4) is 0 Å². The van der Waals surface area contributed by atoms with E-state index >= 15 is 0 Å². The van der Waals surface area contributed by atoms with E-state index in [1.807, 2.05) is 0 Å². The van der Waals surface area contributed by atoms with E-state index in [1.165, 1.54) is 61.2 Å². The number of fused-ring (bicyclic) bond motifs is 6. The zero-order chi connectivity index (χ0) is 18.8. The highest BCUT2D eigenvalue weighted by Crippen LogP contribution is 2.52. The largest absolute Gasteiger partial charge is 0.0619 e. The van der Waals surface area contributed by atoms with Crippen LogP contribution in [-0.4, -0.2) is 0 Å². The molecule has 0 amide bonds. The molecule has 0 saturated carbocycles. The van der Waals surface area contributed by atoms with Gasteiger partial charge in [-0.1, -0.05) is 78.9 Å². The summed E-state index contributed by atoms with van der Waals surface area (Å²) in [5, 5.41) is 0. The molecule has 4 aromatic carbocycles. The average Bonchev–Trinajstić information content (AvgIpc) is 3.25. The first-order chi connectivity index (χ1) is 13.7. The number of rotatable bonds is 1. The smallest absolute Gasteiger partial charge is 0.0358 e. The van der Waals surface area contributed by atoms with Crippen molar-refractivity contribution < 1.29 is 0 Å². The van der Waals surface area contributed by atoms with Crippen molar-refractivity contribution in [3.8, 4) is 22.3 Å². The first-order valence-corrected chi connectivity index (χ1v) is 10.1. The van der Waals surface area contributed by atoms with Gasteiger partial charge in [0.15, 0.2) is 0 Å². The van der Waals surface area contributed by atoms with Gasteiger partial charge in [-0.2, -0.15) is 0 Å². The van der Waals surface area contributed by atoms with Crippen molar-refractivity contribution in [2.45, 2.75) is 26.2 Å². The summed E-state index contributed by atoms with van der Waals surface area (Å²) in [7, 11) is 0. The van der Waals surface area contributed by atoms with Crippen molar-refractivity contribution in [1.29, 1.82) is 0 Å². The Morgan fingerprint density at radius 3 is 1.89 bits per heavy atom. The van der Waals surface area contributed by atoms with Gasteiger partial charge in [0.05, 0.1) is 0 Å². The number of hydrogen-bond acceptors (Lipinski definition) is 0. The Hall–Kier alpha value is -3.12. The Kier molecular flexibility index (Phi) is 3.23. The van der Waals surface area contributed by atoms with Crippen LogP contribution in [0.15, 0.2) is 78.9 Å². The Labute approximate surface area is 166 Å². The lowest BCUT2D eigenvalue weighted by atomic mass is 9.80. The third-order valence-electron chi connectivity index (χ3n) is 6.80. The van der Waals surface area contributed by atoms with Crippen LogP contribution in [0.25, 0.3) is 22.3 Å². The van der Waals surface area contributed by atoms with Gasteiger partial charge < -0.3 is 0 Å². The monoisotopic (exact) mass is 358 g/mol. The highest BCUT2D eigenvalue weighted by Gasteiger charge is 2.34. The molecule has 2 aliphatic rings. The van der Waals surface area contributed by atoms with E-state index in [0.29, 0.717) is 5.92 Å². The molecule has 0 fully saturated rings. The van der Waals surface area contributed by atoms with E-state index in [1.54, 1.807) is 0 Å². The summed E-state index contributed by atoms with van der Waals surface area (Å²) in [6.07, 6.45) is 1.04. The van der Waals surface area contributed by atoms with Gasteiger partial charge in [0.25, 0.3) is 0 Å². The van der Waals surface area contributed by atoms with Crippen LogP contribution in [-0.2, 0) is 6.42 Å². The summed E-state index contributed by atoms with van der Waals surface area (Å²) in [6, 6.07) is 29.3. The SMILES string of the molecule is Cc1cc2c(c(C3c4ccccc4-c4ccccc43)c1C)Cc1ccccc1-2. The molecule has 6 rings (SSSR count). The lowest BCUT2D eigenvalue weighted by Crippen LogP contribution is -2.07. The molecule has 0 N–H and O–H groups in total. The van der Waals surface area contributed by atoms with Crippen molar-refractivity contribution in [3.63, 3.8) is 0 Å². The maximum absolute atomic E-state index is 2.41. The summed E-state index contributed by atoms with van der Waals surface area (Å²) in [5.41, 5.74) is 15.9. The van der Waals surface area contributed by atoms with Crippen LogP contribution in [0, 0.1) is 13.8 Å². The minimum absolute atomic E-state index is 0.329. The van der Waals surface area contributed by atoms with Crippen molar-refractivity contribution >= 4 is 0 Å². The Bertz CT molecular complexity index is 1210. The molecule has 0 heteroatoms. The van der Waals surface area contributed by atoms with Crippen molar-refractivity contribution in [2.75, 3.05) is 0 Å². The number of aryl methyl sites for hydroxylation is 1. The molecule has 0 aliphatic heterocycles. The van der Waals surface area contributed by atoms with Gasteiger partial charge in [-0.3, -0.25) is 0 Å². The zero-order valence-corrected chi connectivity index (χ0v) is 16.3. The second-order valence-electron chi connectivity index (χ2n) is 8.20. The fourth-order valence-electron chi connectivity index (χ4n) is 5.41. The summed E-state index contributed by atoms with van der Waals surface area (Å²) < 4.78 is 0. The first kappa shape index (κ1) is 15.9. The fraction of sp³-hybridized carbons (Fsp3) is 0.143. The summed E-state index contributed by atoms with van der Waals surface area (Å²) in [4.78, 5) is 0. The topological polar surface area (TPSA) is 0 Å². The molecule has 0 bridgehead atoms.